The first kappa shape index (κ1) is 17.4. The average Bonchev–Trinajstić information content (AvgIpc) is 2.92. The molecule has 0 aliphatic heterocycles. The summed E-state index contributed by atoms with van der Waals surface area (Å²) in [6.45, 7) is 17.4. The van der Waals surface area contributed by atoms with Crippen LogP contribution in [0.15, 0.2) is 6.20 Å². The Balaban J connectivity index is 2.42. The number of anilines is 1. The van der Waals surface area contributed by atoms with Crippen molar-refractivity contribution in [1.82, 2.24) is 15.2 Å². The highest BCUT2D eigenvalue weighted by Gasteiger charge is 2.10. The summed E-state index contributed by atoms with van der Waals surface area (Å²) in [5.41, 5.74) is 0. The molecule has 0 aliphatic carbocycles. The van der Waals surface area contributed by atoms with Crippen LogP contribution in [0.1, 0.15) is 39.5 Å². The summed E-state index contributed by atoms with van der Waals surface area (Å²) in [6, 6.07) is 0.508. The molecule has 0 bridgehead atoms. The molecular formula is C15H30N4S. The largest absolute Gasteiger partial charge is 0.349 e. The second kappa shape index (κ2) is 9.32. The fourth-order valence-electron chi connectivity index (χ4n) is 2.23. The summed E-state index contributed by atoms with van der Waals surface area (Å²) >= 11 is 1.80. The summed E-state index contributed by atoms with van der Waals surface area (Å²) in [6.07, 6.45) is 2.01. The molecule has 1 rings (SSSR count). The van der Waals surface area contributed by atoms with E-state index >= 15 is 0 Å². The van der Waals surface area contributed by atoms with Gasteiger partial charge in [-0.3, -0.25) is 0 Å². The molecule has 0 saturated carbocycles. The normalized spacial score (nSPS) is 12.9. The van der Waals surface area contributed by atoms with Gasteiger partial charge in [-0.15, -0.1) is 11.3 Å². The monoisotopic (exact) mass is 298 g/mol. The third kappa shape index (κ3) is 5.38. The number of thiazole rings is 1. The minimum Gasteiger partial charge on any atom is -0.349 e. The number of hydrogen-bond acceptors (Lipinski definition) is 5. The standard InChI is InChI=1S/C15H30N4S/c1-6-18(7-2)12-13(5)16-10-14-11-17-15(20-14)19(8-3)9-4/h11,13,16H,6-10,12H2,1-5H3. The fraction of sp³-hybridized carbons (Fsp3) is 0.800. The first-order valence-electron chi connectivity index (χ1n) is 7.79. The van der Waals surface area contributed by atoms with Gasteiger partial charge in [0.05, 0.1) is 0 Å². The maximum Gasteiger partial charge on any atom is 0.185 e. The molecule has 0 saturated heterocycles. The van der Waals surface area contributed by atoms with Crippen LogP contribution in [0.3, 0.4) is 0 Å². The highest BCUT2D eigenvalue weighted by molar-refractivity contribution is 7.15. The van der Waals surface area contributed by atoms with Crippen molar-refractivity contribution in [3.8, 4) is 0 Å². The minimum absolute atomic E-state index is 0.508. The topological polar surface area (TPSA) is 31.4 Å². The van der Waals surface area contributed by atoms with Crippen molar-refractivity contribution in [2.75, 3.05) is 37.6 Å². The lowest BCUT2D eigenvalue weighted by molar-refractivity contribution is 0.271. The van der Waals surface area contributed by atoms with E-state index in [0.717, 1.165) is 44.4 Å². The van der Waals surface area contributed by atoms with Gasteiger partial charge in [-0.05, 0) is 33.9 Å². The van der Waals surface area contributed by atoms with Crippen molar-refractivity contribution in [3.63, 3.8) is 0 Å². The maximum atomic E-state index is 4.52. The van der Waals surface area contributed by atoms with Crippen LogP contribution in [0.2, 0.25) is 0 Å². The van der Waals surface area contributed by atoms with Gasteiger partial charge in [0, 0.05) is 43.3 Å². The third-order valence-electron chi connectivity index (χ3n) is 3.63. The molecule has 1 aromatic rings. The van der Waals surface area contributed by atoms with Crippen LogP contribution in [0.5, 0.6) is 0 Å². The van der Waals surface area contributed by atoms with E-state index in [1.165, 1.54) is 4.88 Å². The smallest absolute Gasteiger partial charge is 0.185 e. The van der Waals surface area contributed by atoms with Crippen LogP contribution < -0.4 is 10.2 Å². The second-order valence-electron chi connectivity index (χ2n) is 5.05. The molecule has 1 aromatic heterocycles. The van der Waals surface area contributed by atoms with Gasteiger partial charge in [0.1, 0.15) is 0 Å². The van der Waals surface area contributed by atoms with Crippen molar-refractivity contribution in [3.05, 3.63) is 11.1 Å². The van der Waals surface area contributed by atoms with E-state index in [2.05, 4.69) is 54.7 Å². The van der Waals surface area contributed by atoms with E-state index in [1.807, 2.05) is 6.20 Å². The van der Waals surface area contributed by atoms with Gasteiger partial charge < -0.3 is 15.1 Å². The molecule has 5 heteroatoms. The lowest BCUT2D eigenvalue weighted by Gasteiger charge is -2.23. The molecule has 4 nitrogen and oxygen atoms in total. The SMILES string of the molecule is CCN(CC)CC(C)NCc1cnc(N(CC)CC)s1. The Kier molecular flexibility index (Phi) is 8.11. The molecule has 116 valence electrons. The van der Waals surface area contributed by atoms with Crippen LogP contribution in [-0.4, -0.2) is 48.6 Å². The van der Waals surface area contributed by atoms with Gasteiger partial charge >= 0.3 is 0 Å². The van der Waals surface area contributed by atoms with Gasteiger partial charge in [-0.2, -0.15) is 0 Å². The third-order valence-corrected chi connectivity index (χ3v) is 4.68. The van der Waals surface area contributed by atoms with Gasteiger partial charge in [0.25, 0.3) is 0 Å². The van der Waals surface area contributed by atoms with Crippen molar-refractivity contribution in [2.45, 2.75) is 47.2 Å². The summed E-state index contributed by atoms with van der Waals surface area (Å²) in [4.78, 5) is 10.6. The first-order chi connectivity index (χ1) is 9.64. The zero-order chi connectivity index (χ0) is 15.0. The molecule has 0 radical (unpaired) electrons. The Morgan fingerprint density at radius 2 is 1.80 bits per heavy atom. The van der Waals surface area contributed by atoms with Gasteiger partial charge in [0.2, 0.25) is 0 Å². The number of rotatable bonds is 10. The molecule has 0 spiro atoms. The van der Waals surface area contributed by atoms with E-state index in [4.69, 9.17) is 0 Å². The molecule has 20 heavy (non-hydrogen) atoms. The van der Waals surface area contributed by atoms with Crippen molar-refractivity contribution in [1.29, 1.82) is 0 Å². The summed E-state index contributed by atoms with van der Waals surface area (Å²) in [5.74, 6) is 0. The Hall–Kier alpha value is -0.650. The molecule has 0 amide bonds. The molecule has 1 unspecified atom stereocenters. The lowest BCUT2D eigenvalue weighted by atomic mass is 10.3. The number of nitrogens with one attached hydrogen (secondary N) is 1. The van der Waals surface area contributed by atoms with E-state index in [-0.39, 0.29) is 0 Å². The Morgan fingerprint density at radius 3 is 2.35 bits per heavy atom. The van der Waals surface area contributed by atoms with Crippen LogP contribution in [0, 0.1) is 0 Å². The van der Waals surface area contributed by atoms with Crippen LogP contribution in [0.25, 0.3) is 0 Å². The molecule has 0 aliphatic rings. The molecule has 1 heterocycles. The Morgan fingerprint density at radius 1 is 1.15 bits per heavy atom. The highest BCUT2D eigenvalue weighted by Crippen LogP contribution is 2.22. The van der Waals surface area contributed by atoms with Gasteiger partial charge in [0.15, 0.2) is 5.13 Å². The molecule has 0 fully saturated rings. The molecule has 0 aromatic carbocycles. The average molecular weight is 298 g/mol. The second-order valence-corrected chi connectivity index (χ2v) is 6.14. The van der Waals surface area contributed by atoms with E-state index in [9.17, 15) is 0 Å². The molecule has 1 N–H and O–H groups in total. The zero-order valence-electron chi connectivity index (χ0n) is 13.6. The van der Waals surface area contributed by atoms with Crippen molar-refractivity contribution >= 4 is 16.5 Å². The summed E-state index contributed by atoms with van der Waals surface area (Å²) in [5, 5.41) is 4.74. The predicted octanol–water partition coefficient (Wildman–Crippen LogP) is 2.81. The van der Waals surface area contributed by atoms with Crippen LogP contribution >= 0.6 is 11.3 Å². The predicted molar refractivity (Wildman–Crippen MR) is 89.8 cm³/mol. The van der Waals surface area contributed by atoms with E-state index < -0.39 is 0 Å². The summed E-state index contributed by atoms with van der Waals surface area (Å²) in [7, 11) is 0. The Bertz CT molecular complexity index is 359. The van der Waals surface area contributed by atoms with Crippen molar-refractivity contribution in [2.24, 2.45) is 0 Å². The van der Waals surface area contributed by atoms with Gasteiger partial charge in [-0.25, -0.2) is 4.98 Å². The highest BCUT2D eigenvalue weighted by atomic mass is 32.1. The van der Waals surface area contributed by atoms with Crippen molar-refractivity contribution < 1.29 is 0 Å². The Labute approximate surface area is 128 Å². The molecular weight excluding hydrogens is 268 g/mol. The number of hydrogen-bond donors (Lipinski definition) is 1. The first-order valence-corrected chi connectivity index (χ1v) is 8.61. The zero-order valence-corrected chi connectivity index (χ0v) is 14.5. The fourth-order valence-corrected chi connectivity index (χ4v) is 3.22. The van der Waals surface area contributed by atoms with Gasteiger partial charge in [-0.1, -0.05) is 13.8 Å². The number of likely N-dealkylation sites (N-methyl/N-ethyl adjacent to an activating group) is 1. The number of aromatic nitrogens is 1. The maximum absolute atomic E-state index is 4.52. The van der Waals surface area contributed by atoms with E-state index in [1.54, 1.807) is 11.3 Å². The van der Waals surface area contributed by atoms with E-state index in [0.29, 0.717) is 6.04 Å². The lowest BCUT2D eigenvalue weighted by Crippen LogP contribution is -2.38. The summed E-state index contributed by atoms with van der Waals surface area (Å²) < 4.78 is 0. The number of nitrogens with zero attached hydrogens (tertiary/aromatic N) is 3. The minimum atomic E-state index is 0.508. The quantitative estimate of drug-likeness (QED) is 0.720. The molecule has 1 atom stereocenters. The van der Waals surface area contributed by atoms with Crippen LogP contribution in [0.4, 0.5) is 5.13 Å². The van der Waals surface area contributed by atoms with Crippen LogP contribution in [-0.2, 0) is 6.54 Å².